The van der Waals surface area contributed by atoms with Crippen LogP contribution in [-0.4, -0.2) is 30.9 Å². The van der Waals surface area contributed by atoms with E-state index in [1.165, 1.54) is 11.0 Å². The van der Waals surface area contributed by atoms with Gasteiger partial charge >= 0.3 is 0 Å². The van der Waals surface area contributed by atoms with E-state index < -0.39 is 0 Å². The highest BCUT2D eigenvalue weighted by Crippen LogP contribution is 2.26. The molecule has 0 aliphatic heterocycles. The Hall–Kier alpha value is -2.56. The Morgan fingerprint density at radius 3 is 2.38 bits per heavy atom. The summed E-state index contributed by atoms with van der Waals surface area (Å²) >= 11 is 0. The highest BCUT2D eigenvalue weighted by molar-refractivity contribution is 5.93. The fraction of sp³-hybridized carbons (Fsp3) is 0.316. The van der Waals surface area contributed by atoms with E-state index in [0.717, 1.165) is 11.3 Å². The number of halogens is 1. The number of amides is 1. The second-order valence-corrected chi connectivity index (χ2v) is 6.21. The molecular weight excluding hydrogens is 305 g/mol. The summed E-state index contributed by atoms with van der Waals surface area (Å²) in [6.07, 6.45) is 0. The zero-order valence-corrected chi connectivity index (χ0v) is 14.6. The molecule has 1 amide bonds. The van der Waals surface area contributed by atoms with Gasteiger partial charge in [0.2, 0.25) is 0 Å². The van der Waals surface area contributed by atoms with Crippen LogP contribution in [0.4, 0.5) is 15.8 Å². The molecule has 5 heteroatoms. The molecule has 4 nitrogen and oxygen atoms in total. The van der Waals surface area contributed by atoms with Crippen LogP contribution in [0.15, 0.2) is 42.5 Å². The van der Waals surface area contributed by atoms with Crippen LogP contribution in [0.1, 0.15) is 29.8 Å². The first-order valence-corrected chi connectivity index (χ1v) is 7.98. The zero-order valence-electron chi connectivity index (χ0n) is 14.6. The topological polar surface area (TPSA) is 44.4 Å². The lowest BCUT2D eigenvalue weighted by molar-refractivity contribution is 0.0827. The average molecular weight is 329 g/mol. The van der Waals surface area contributed by atoms with E-state index >= 15 is 0 Å². The molecule has 0 radical (unpaired) electrons. The number of anilines is 2. The maximum atomic E-state index is 14.1. The second-order valence-electron chi connectivity index (χ2n) is 6.21. The predicted molar refractivity (Wildman–Crippen MR) is 96.9 cm³/mol. The van der Waals surface area contributed by atoms with Gasteiger partial charge in [0.05, 0.1) is 11.4 Å². The van der Waals surface area contributed by atoms with E-state index in [2.05, 4.69) is 10.6 Å². The maximum absolute atomic E-state index is 14.1. The normalized spacial score (nSPS) is 10.6. The summed E-state index contributed by atoms with van der Waals surface area (Å²) in [5.41, 5.74) is 2.81. The highest BCUT2D eigenvalue weighted by atomic mass is 19.1. The van der Waals surface area contributed by atoms with Gasteiger partial charge in [0.15, 0.2) is 0 Å². The SMILES string of the molecule is CC(C)Nc1cccc(F)c1NCc1ccc(C(=O)N(C)C)cc1. The lowest BCUT2D eigenvalue weighted by Crippen LogP contribution is -2.21. The molecule has 24 heavy (non-hydrogen) atoms. The standard InChI is InChI=1S/C19H24FN3O/c1-13(2)22-17-7-5-6-16(20)18(17)21-12-14-8-10-15(11-9-14)19(24)23(3)4/h5-11,13,21-22H,12H2,1-4H3. The molecule has 0 heterocycles. The molecule has 0 bridgehead atoms. The molecule has 2 rings (SSSR count). The number of nitrogens with zero attached hydrogens (tertiary/aromatic N) is 1. The van der Waals surface area contributed by atoms with Crippen molar-refractivity contribution >= 4 is 17.3 Å². The van der Waals surface area contributed by atoms with Crippen molar-refractivity contribution in [2.75, 3.05) is 24.7 Å². The maximum Gasteiger partial charge on any atom is 0.253 e. The van der Waals surface area contributed by atoms with Crippen LogP contribution in [0, 0.1) is 5.82 Å². The number of hydrogen-bond acceptors (Lipinski definition) is 3. The van der Waals surface area contributed by atoms with Crippen molar-refractivity contribution in [3.05, 3.63) is 59.4 Å². The number of carbonyl (C=O) groups is 1. The van der Waals surface area contributed by atoms with Gasteiger partial charge in [-0.1, -0.05) is 18.2 Å². The Balaban J connectivity index is 2.10. The molecule has 0 aliphatic carbocycles. The smallest absolute Gasteiger partial charge is 0.253 e. The lowest BCUT2D eigenvalue weighted by Gasteiger charge is -2.17. The molecule has 2 N–H and O–H groups in total. The van der Waals surface area contributed by atoms with E-state index in [-0.39, 0.29) is 17.8 Å². The number of hydrogen-bond donors (Lipinski definition) is 2. The number of benzene rings is 2. The van der Waals surface area contributed by atoms with E-state index in [9.17, 15) is 9.18 Å². The summed E-state index contributed by atoms with van der Waals surface area (Å²) in [5, 5.41) is 6.38. The number of rotatable bonds is 6. The predicted octanol–water partition coefficient (Wildman–Crippen LogP) is 3.96. The molecule has 0 fully saturated rings. The number of carbonyl (C=O) groups excluding carboxylic acids is 1. The molecule has 0 unspecified atom stereocenters. The number of nitrogens with one attached hydrogen (secondary N) is 2. The van der Waals surface area contributed by atoms with Gasteiger partial charge in [0, 0.05) is 32.2 Å². The van der Waals surface area contributed by atoms with Crippen molar-refractivity contribution in [2.24, 2.45) is 0 Å². The van der Waals surface area contributed by atoms with Crippen LogP contribution in [-0.2, 0) is 6.54 Å². The van der Waals surface area contributed by atoms with Gasteiger partial charge in [0.25, 0.3) is 5.91 Å². The third-order valence-electron chi connectivity index (χ3n) is 3.53. The van der Waals surface area contributed by atoms with Crippen LogP contribution in [0.2, 0.25) is 0 Å². The van der Waals surface area contributed by atoms with Gasteiger partial charge in [-0.15, -0.1) is 0 Å². The van der Waals surface area contributed by atoms with Crippen molar-refractivity contribution in [1.29, 1.82) is 0 Å². The molecular formula is C19H24FN3O. The van der Waals surface area contributed by atoms with E-state index in [0.29, 0.717) is 17.8 Å². The Labute approximate surface area is 142 Å². The van der Waals surface area contributed by atoms with Crippen LogP contribution in [0.5, 0.6) is 0 Å². The highest BCUT2D eigenvalue weighted by Gasteiger charge is 2.10. The second kappa shape index (κ2) is 7.81. The minimum absolute atomic E-state index is 0.0352. The quantitative estimate of drug-likeness (QED) is 0.843. The van der Waals surface area contributed by atoms with Crippen molar-refractivity contribution in [2.45, 2.75) is 26.4 Å². The Morgan fingerprint density at radius 2 is 1.79 bits per heavy atom. The number of para-hydroxylation sites is 1. The lowest BCUT2D eigenvalue weighted by atomic mass is 10.1. The minimum atomic E-state index is -0.292. The van der Waals surface area contributed by atoms with Crippen molar-refractivity contribution in [1.82, 2.24) is 4.90 Å². The third-order valence-corrected chi connectivity index (χ3v) is 3.53. The van der Waals surface area contributed by atoms with Crippen molar-refractivity contribution in [3.63, 3.8) is 0 Å². The monoisotopic (exact) mass is 329 g/mol. The van der Waals surface area contributed by atoms with Crippen molar-refractivity contribution < 1.29 is 9.18 Å². The third kappa shape index (κ3) is 4.47. The fourth-order valence-corrected chi connectivity index (χ4v) is 2.35. The van der Waals surface area contributed by atoms with Gasteiger partial charge in [-0.25, -0.2) is 4.39 Å². The minimum Gasteiger partial charge on any atom is -0.381 e. The molecule has 2 aromatic rings. The van der Waals surface area contributed by atoms with Crippen LogP contribution >= 0.6 is 0 Å². The van der Waals surface area contributed by atoms with Gasteiger partial charge in [-0.2, -0.15) is 0 Å². The molecule has 0 saturated carbocycles. The molecule has 0 saturated heterocycles. The van der Waals surface area contributed by atoms with Crippen molar-refractivity contribution in [3.8, 4) is 0 Å². The van der Waals surface area contributed by atoms with Gasteiger partial charge < -0.3 is 15.5 Å². The first-order chi connectivity index (χ1) is 11.4. The summed E-state index contributed by atoms with van der Waals surface area (Å²) in [5.74, 6) is -0.327. The summed E-state index contributed by atoms with van der Waals surface area (Å²) in [6.45, 7) is 4.49. The first kappa shape index (κ1) is 17.8. The zero-order chi connectivity index (χ0) is 17.7. The van der Waals surface area contributed by atoms with E-state index in [1.54, 1.807) is 32.3 Å². The van der Waals surface area contributed by atoms with Crippen LogP contribution in [0.25, 0.3) is 0 Å². The van der Waals surface area contributed by atoms with Gasteiger partial charge in [-0.3, -0.25) is 4.79 Å². The molecule has 0 atom stereocenters. The largest absolute Gasteiger partial charge is 0.381 e. The Morgan fingerprint density at radius 1 is 1.12 bits per heavy atom. The molecule has 2 aromatic carbocycles. The summed E-state index contributed by atoms with van der Waals surface area (Å²) in [6, 6.07) is 12.5. The van der Waals surface area contributed by atoms with Crippen LogP contribution in [0.3, 0.4) is 0 Å². The fourth-order valence-electron chi connectivity index (χ4n) is 2.35. The summed E-state index contributed by atoms with van der Waals surface area (Å²) < 4.78 is 14.1. The van der Waals surface area contributed by atoms with Gasteiger partial charge in [0.1, 0.15) is 5.82 Å². The first-order valence-electron chi connectivity index (χ1n) is 7.98. The van der Waals surface area contributed by atoms with E-state index in [4.69, 9.17) is 0 Å². The molecule has 128 valence electrons. The molecule has 0 aromatic heterocycles. The molecule has 0 aliphatic rings. The van der Waals surface area contributed by atoms with E-state index in [1.807, 2.05) is 32.0 Å². The summed E-state index contributed by atoms with van der Waals surface area (Å²) in [4.78, 5) is 13.4. The summed E-state index contributed by atoms with van der Waals surface area (Å²) in [7, 11) is 3.44. The molecule has 0 spiro atoms. The van der Waals surface area contributed by atoms with Gasteiger partial charge in [-0.05, 0) is 43.7 Å². The Bertz CT molecular complexity index is 696. The average Bonchev–Trinajstić information content (AvgIpc) is 2.53. The van der Waals surface area contributed by atoms with Crippen LogP contribution < -0.4 is 10.6 Å². The Kier molecular flexibility index (Phi) is 5.79.